The maximum Gasteiger partial charge on any atom is 0.252 e. The minimum Gasteiger partial charge on any atom is -0.399 e. The van der Waals surface area contributed by atoms with E-state index in [2.05, 4.69) is 15.5 Å². The van der Waals surface area contributed by atoms with Gasteiger partial charge in [0.2, 0.25) is 5.89 Å². The summed E-state index contributed by atoms with van der Waals surface area (Å²) in [6.45, 7) is 1.75. The fraction of sp³-hybridized carbons (Fsp3) is 0.400. The summed E-state index contributed by atoms with van der Waals surface area (Å²) in [5.74, 6) is 0.943. The van der Waals surface area contributed by atoms with Crippen molar-refractivity contribution in [1.29, 1.82) is 0 Å². The molecule has 0 spiro atoms. The number of amides is 1. The molecule has 0 radical (unpaired) electrons. The number of aromatic nitrogens is 2. The number of hydrogen-bond acceptors (Lipinski definition) is 5. The van der Waals surface area contributed by atoms with E-state index < -0.39 is 5.54 Å². The van der Waals surface area contributed by atoms with Crippen LogP contribution in [0, 0.1) is 6.92 Å². The molecule has 1 aliphatic rings. The summed E-state index contributed by atoms with van der Waals surface area (Å²) in [4.78, 5) is 16.8. The largest absolute Gasteiger partial charge is 0.399 e. The van der Waals surface area contributed by atoms with Crippen LogP contribution < -0.4 is 11.1 Å². The molecule has 0 bridgehead atoms. The number of carbonyl (C=O) groups excluding carboxylic acids is 1. The van der Waals surface area contributed by atoms with Crippen LogP contribution in [0.1, 0.15) is 47.8 Å². The van der Waals surface area contributed by atoms with Gasteiger partial charge in [0.1, 0.15) is 5.54 Å². The minimum atomic E-state index is -0.518. The molecule has 1 amide bonds. The predicted octanol–water partition coefficient (Wildman–Crippen LogP) is 2.58. The summed E-state index contributed by atoms with van der Waals surface area (Å²) in [5, 5.41) is 7.10. The molecule has 0 saturated heterocycles. The molecule has 0 unspecified atom stereocenters. The van der Waals surface area contributed by atoms with Gasteiger partial charge in [0.25, 0.3) is 5.91 Å². The van der Waals surface area contributed by atoms with Crippen molar-refractivity contribution in [2.24, 2.45) is 0 Å². The van der Waals surface area contributed by atoms with Crippen LogP contribution in [0.15, 0.2) is 28.8 Å². The fourth-order valence-electron chi connectivity index (χ4n) is 2.80. The molecular formula is C15H19ClN4O2. The molecule has 1 fully saturated rings. The van der Waals surface area contributed by atoms with Gasteiger partial charge in [-0.25, -0.2) is 0 Å². The van der Waals surface area contributed by atoms with Gasteiger partial charge in [0.15, 0.2) is 5.82 Å². The summed E-state index contributed by atoms with van der Waals surface area (Å²) in [6.07, 6.45) is 3.73. The van der Waals surface area contributed by atoms with Crippen LogP contribution in [0.25, 0.3) is 0 Å². The van der Waals surface area contributed by atoms with E-state index in [1.54, 1.807) is 31.2 Å². The van der Waals surface area contributed by atoms with Crippen LogP contribution in [-0.4, -0.2) is 16.0 Å². The third-order valence-electron chi connectivity index (χ3n) is 3.94. The van der Waals surface area contributed by atoms with Crippen LogP contribution in [-0.2, 0) is 5.54 Å². The Hall–Kier alpha value is -2.08. The normalized spacial score (nSPS) is 16.0. The molecule has 7 heteroatoms. The van der Waals surface area contributed by atoms with E-state index in [0.29, 0.717) is 23.0 Å². The number of nitrogen functional groups attached to an aromatic ring is 1. The quantitative estimate of drug-likeness (QED) is 0.847. The van der Waals surface area contributed by atoms with Crippen LogP contribution in [0.3, 0.4) is 0 Å². The van der Waals surface area contributed by atoms with Crippen molar-refractivity contribution in [3.8, 4) is 0 Å². The number of rotatable bonds is 3. The number of hydrogen-bond donors (Lipinski definition) is 2. The molecule has 1 saturated carbocycles. The van der Waals surface area contributed by atoms with E-state index in [9.17, 15) is 4.79 Å². The average molecular weight is 323 g/mol. The zero-order valence-corrected chi connectivity index (χ0v) is 13.2. The molecule has 1 aliphatic carbocycles. The number of nitrogens with one attached hydrogen (secondary N) is 1. The van der Waals surface area contributed by atoms with Crippen molar-refractivity contribution in [2.45, 2.75) is 38.1 Å². The maximum absolute atomic E-state index is 12.5. The number of nitrogens with two attached hydrogens (primary N) is 1. The fourth-order valence-corrected chi connectivity index (χ4v) is 2.80. The summed E-state index contributed by atoms with van der Waals surface area (Å²) in [6, 6.07) is 6.87. The Labute approximate surface area is 134 Å². The van der Waals surface area contributed by atoms with Gasteiger partial charge < -0.3 is 15.6 Å². The van der Waals surface area contributed by atoms with Gasteiger partial charge in [0.05, 0.1) is 0 Å². The highest BCUT2D eigenvalue weighted by Gasteiger charge is 2.41. The van der Waals surface area contributed by atoms with E-state index in [-0.39, 0.29) is 18.3 Å². The maximum atomic E-state index is 12.5. The lowest BCUT2D eigenvalue weighted by atomic mass is 9.96. The molecule has 22 heavy (non-hydrogen) atoms. The SMILES string of the molecule is Cc1nc(C2(NC(=O)c3ccc(N)cc3)CCCC2)no1.Cl. The number of halogens is 1. The first-order valence-electron chi connectivity index (χ1n) is 7.08. The number of nitrogens with zero attached hydrogens (tertiary/aromatic N) is 2. The van der Waals surface area contributed by atoms with Gasteiger partial charge in [-0.15, -0.1) is 12.4 Å². The van der Waals surface area contributed by atoms with Crippen molar-refractivity contribution in [3.05, 3.63) is 41.5 Å². The standard InChI is InChI=1S/C15H18N4O2.ClH/c1-10-17-14(19-21-10)15(8-2-3-9-15)18-13(20)11-4-6-12(16)7-5-11;/h4-7H,2-3,8-9,16H2,1H3,(H,18,20);1H. The van der Waals surface area contributed by atoms with Gasteiger partial charge in [-0.05, 0) is 37.1 Å². The van der Waals surface area contributed by atoms with Crippen molar-refractivity contribution in [3.63, 3.8) is 0 Å². The molecule has 3 N–H and O–H groups in total. The highest BCUT2D eigenvalue weighted by atomic mass is 35.5. The van der Waals surface area contributed by atoms with Crippen LogP contribution in [0.4, 0.5) is 5.69 Å². The number of benzene rings is 1. The van der Waals surface area contributed by atoms with E-state index >= 15 is 0 Å². The summed E-state index contributed by atoms with van der Waals surface area (Å²) in [7, 11) is 0. The molecule has 2 aromatic rings. The Bertz CT molecular complexity index is 648. The zero-order valence-electron chi connectivity index (χ0n) is 12.3. The Kier molecular flexibility index (Phi) is 4.71. The second-order valence-corrected chi connectivity index (χ2v) is 5.50. The average Bonchev–Trinajstić information content (AvgIpc) is 3.09. The third-order valence-corrected chi connectivity index (χ3v) is 3.94. The second kappa shape index (κ2) is 6.36. The van der Waals surface area contributed by atoms with Crippen LogP contribution in [0.2, 0.25) is 0 Å². The van der Waals surface area contributed by atoms with E-state index in [0.717, 1.165) is 25.7 Å². The van der Waals surface area contributed by atoms with Crippen molar-refractivity contribution >= 4 is 24.0 Å². The summed E-state index contributed by atoms with van der Waals surface area (Å²) >= 11 is 0. The predicted molar refractivity (Wildman–Crippen MR) is 84.7 cm³/mol. The van der Waals surface area contributed by atoms with Crippen molar-refractivity contribution in [1.82, 2.24) is 15.5 Å². The van der Waals surface area contributed by atoms with E-state index in [1.165, 1.54) is 0 Å². The second-order valence-electron chi connectivity index (χ2n) is 5.50. The molecule has 0 aliphatic heterocycles. The molecular weight excluding hydrogens is 304 g/mol. The monoisotopic (exact) mass is 322 g/mol. The Morgan fingerprint density at radius 2 is 1.91 bits per heavy atom. The molecule has 1 heterocycles. The highest BCUT2D eigenvalue weighted by Crippen LogP contribution is 2.37. The Morgan fingerprint density at radius 1 is 1.27 bits per heavy atom. The smallest absolute Gasteiger partial charge is 0.252 e. The Morgan fingerprint density at radius 3 is 2.45 bits per heavy atom. The topological polar surface area (TPSA) is 94.0 Å². The van der Waals surface area contributed by atoms with Crippen molar-refractivity contribution < 1.29 is 9.32 Å². The number of aryl methyl sites for hydroxylation is 1. The third kappa shape index (κ3) is 3.06. The molecule has 1 aromatic carbocycles. The first-order valence-corrected chi connectivity index (χ1v) is 7.08. The molecule has 3 rings (SSSR count). The number of carbonyl (C=O) groups is 1. The lowest BCUT2D eigenvalue weighted by molar-refractivity contribution is 0.0892. The zero-order chi connectivity index (χ0) is 14.9. The van der Waals surface area contributed by atoms with Crippen LogP contribution in [0.5, 0.6) is 0 Å². The molecule has 1 aromatic heterocycles. The van der Waals surface area contributed by atoms with E-state index in [4.69, 9.17) is 10.3 Å². The lowest BCUT2D eigenvalue weighted by Crippen LogP contribution is -2.44. The van der Waals surface area contributed by atoms with Gasteiger partial charge in [0, 0.05) is 18.2 Å². The van der Waals surface area contributed by atoms with Crippen LogP contribution >= 0.6 is 12.4 Å². The number of anilines is 1. The van der Waals surface area contributed by atoms with Gasteiger partial charge in [-0.3, -0.25) is 4.79 Å². The van der Waals surface area contributed by atoms with E-state index in [1.807, 2.05) is 0 Å². The minimum absolute atomic E-state index is 0. The van der Waals surface area contributed by atoms with Crippen molar-refractivity contribution in [2.75, 3.05) is 5.73 Å². The molecule has 118 valence electrons. The summed E-state index contributed by atoms with van der Waals surface area (Å²) in [5.41, 5.74) is 6.34. The van der Waals surface area contributed by atoms with Gasteiger partial charge in [-0.2, -0.15) is 4.98 Å². The first kappa shape index (κ1) is 16.3. The Balaban J connectivity index is 0.00000176. The van der Waals surface area contributed by atoms with Gasteiger partial charge >= 0.3 is 0 Å². The molecule has 0 atom stereocenters. The molecule has 6 nitrogen and oxygen atoms in total. The highest BCUT2D eigenvalue weighted by molar-refractivity contribution is 5.95. The van der Waals surface area contributed by atoms with Gasteiger partial charge in [-0.1, -0.05) is 18.0 Å². The first-order chi connectivity index (χ1) is 10.1. The lowest BCUT2D eigenvalue weighted by Gasteiger charge is -2.26. The summed E-state index contributed by atoms with van der Waals surface area (Å²) < 4.78 is 5.08.